The summed E-state index contributed by atoms with van der Waals surface area (Å²) in [5.74, 6) is -3.41. The normalized spacial score (nSPS) is 10.4. The van der Waals surface area contributed by atoms with Gasteiger partial charge in [0.1, 0.15) is 12.2 Å². The number of rotatable bonds is 5. The first-order chi connectivity index (χ1) is 13.8. The summed E-state index contributed by atoms with van der Waals surface area (Å²) in [5, 5.41) is 8.87. The molecule has 0 spiro atoms. The van der Waals surface area contributed by atoms with Gasteiger partial charge in [-0.3, -0.25) is 14.4 Å². The predicted molar refractivity (Wildman–Crippen MR) is 103 cm³/mol. The third-order valence-corrected chi connectivity index (χ3v) is 3.91. The van der Waals surface area contributed by atoms with Crippen molar-refractivity contribution in [2.75, 3.05) is 10.6 Å². The standard InChI is InChI=1S/C20H16F2N4O3/c1-12-2-4-13(5-3-12)24-20(29)17-8-9-19(28)26(25-17)11-18(27)23-14-6-7-15(21)16(22)10-14/h2-10H,11H2,1H3,(H,23,27)(H,24,29). The van der Waals surface area contributed by atoms with Crippen LogP contribution in [0, 0.1) is 18.6 Å². The number of hydrogen-bond acceptors (Lipinski definition) is 4. The second kappa shape index (κ2) is 8.42. The number of aryl methyl sites for hydroxylation is 1. The molecule has 3 aromatic rings. The van der Waals surface area contributed by atoms with Crippen molar-refractivity contribution in [1.29, 1.82) is 0 Å². The van der Waals surface area contributed by atoms with Crippen molar-refractivity contribution in [2.45, 2.75) is 13.5 Å². The molecule has 0 atom stereocenters. The number of carbonyl (C=O) groups excluding carboxylic acids is 2. The number of amides is 2. The number of halogens is 2. The van der Waals surface area contributed by atoms with Crippen molar-refractivity contribution in [3.63, 3.8) is 0 Å². The van der Waals surface area contributed by atoms with Crippen LogP contribution in [0.3, 0.4) is 0 Å². The fourth-order valence-electron chi connectivity index (χ4n) is 2.43. The molecule has 2 aromatic carbocycles. The lowest BCUT2D eigenvalue weighted by atomic mass is 10.2. The van der Waals surface area contributed by atoms with E-state index in [1.54, 1.807) is 12.1 Å². The Morgan fingerprint density at radius 3 is 2.31 bits per heavy atom. The highest BCUT2D eigenvalue weighted by atomic mass is 19.2. The van der Waals surface area contributed by atoms with E-state index in [0.29, 0.717) is 5.69 Å². The fourth-order valence-corrected chi connectivity index (χ4v) is 2.43. The van der Waals surface area contributed by atoms with Crippen LogP contribution in [0.5, 0.6) is 0 Å². The van der Waals surface area contributed by atoms with Gasteiger partial charge >= 0.3 is 0 Å². The Hall–Kier alpha value is -3.88. The lowest BCUT2D eigenvalue weighted by Crippen LogP contribution is -2.31. The number of benzene rings is 2. The van der Waals surface area contributed by atoms with Gasteiger partial charge in [-0.25, -0.2) is 13.5 Å². The Balaban J connectivity index is 1.71. The molecule has 2 amide bonds. The molecule has 7 nitrogen and oxygen atoms in total. The van der Waals surface area contributed by atoms with Gasteiger partial charge in [-0.2, -0.15) is 5.10 Å². The average molecular weight is 398 g/mol. The van der Waals surface area contributed by atoms with E-state index in [9.17, 15) is 23.2 Å². The maximum atomic E-state index is 13.2. The lowest BCUT2D eigenvalue weighted by molar-refractivity contribution is -0.117. The van der Waals surface area contributed by atoms with Crippen molar-refractivity contribution >= 4 is 23.2 Å². The highest BCUT2D eigenvalue weighted by molar-refractivity contribution is 6.02. The summed E-state index contributed by atoms with van der Waals surface area (Å²) in [6.45, 7) is 1.40. The van der Waals surface area contributed by atoms with Gasteiger partial charge < -0.3 is 10.6 Å². The van der Waals surface area contributed by atoms with Crippen LogP contribution in [-0.4, -0.2) is 21.6 Å². The van der Waals surface area contributed by atoms with Gasteiger partial charge in [0.2, 0.25) is 5.91 Å². The van der Waals surface area contributed by atoms with Crippen molar-refractivity contribution in [1.82, 2.24) is 9.78 Å². The largest absolute Gasteiger partial charge is 0.324 e. The Bertz CT molecular complexity index is 1130. The van der Waals surface area contributed by atoms with E-state index >= 15 is 0 Å². The second-order valence-corrected chi connectivity index (χ2v) is 6.21. The SMILES string of the molecule is Cc1ccc(NC(=O)c2ccc(=O)n(CC(=O)Nc3ccc(F)c(F)c3)n2)cc1. The molecule has 0 saturated carbocycles. The van der Waals surface area contributed by atoms with E-state index in [0.717, 1.165) is 28.4 Å². The number of nitrogens with one attached hydrogen (secondary N) is 2. The fraction of sp³-hybridized carbons (Fsp3) is 0.100. The smallest absolute Gasteiger partial charge is 0.276 e. The van der Waals surface area contributed by atoms with Gasteiger partial charge in [0.15, 0.2) is 11.6 Å². The van der Waals surface area contributed by atoms with Crippen molar-refractivity contribution < 1.29 is 18.4 Å². The third-order valence-electron chi connectivity index (χ3n) is 3.91. The molecule has 9 heteroatoms. The van der Waals surface area contributed by atoms with Gasteiger partial charge in [0.25, 0.3) is 11.5 Å². The quantitative estimate of drug-likeness (QED) is 0.691. The summed E-state index contributed by atoms with van der Waals surface area (Å²) in [7, 11) is 0. The maximum Gasteiger partial charge on any atom is 0.276 e. The van der Waals surface area contributed by atoms with E-state index in [4.69, 9.17) is 0 Å². The minimum Gasteiger partial charge on any atom is -0.324 e. The minimum atomic E-state index is -1.12. The topological polar surface area (TPSA) is 93.1 Å². The molecule has 0 saturated heterocycles. The van der Waals surface area contributed by atoms with E-state index < -0.39 is 35.6 Å². The highest BCUT2D eigenvalue weighted by Crippen LogP contribution is 2.13. The van der Waals surface area contributed by atoms with Crippen LogP contribution in [-0.2, 0) is 11.3 Å². The Morgan fingerprint density at radius 2 is 1.62 bits per heavy atom. The first-order valence-corrected chi connectivity index (χ1v) is 8.53. The summed E-state index contributed by atoms with van der Waals surface area (Å²) >= 11 is 0. The molecule has 29 heavy (non-hydrogen) atoms. The summed E-state index contributed by atoms with van der Waals surface area (Å²) in [4.78, 5) is 36.4. The first kappa shape index (κ1) is 19.9. The van der Waals surface area contributed by atoms with Crippen LogP contribution in [0.25, 0.3) is 0 Å². The van der Waals surface area contributed by atoms with E-state index in [-0.39, 0.29) is 11.4 Å². The molecule has 0 fully saturated rings. The Kier molecular flexibility index (Phi) is 5.77. The van der Waals surface area contributed by atoms with Crippen LogP contribution < -0.4 is 16.2 Å². The minimum absolute atomic E-state index is 0.0233. The molecule has 0 unspecified atom stereocenters. The van der Waals surface area contributed by atoms with E-state index in [1.165, 1.54) is 12.1 Å². The Labute approximate surface area is 164 Å². The molecule has 0 radical (unpaired) electrons. The zero-order valence-corrected chi connectivity index (χ0v) is 15.3. The van der Waals surface area contributed by atoms with Crippen LogP contribution in [0.1, 0.15) is 16.1 Å². The van der Waals surface area contributed by atoms with Gasteiger partial charge in [-0.05, 0) is 37.3 Å². The molecule has 2 N–H and O–H groups in total. The van der Waals surface area contributed by atoms with E-state index in [1.807, 2.05) is 19.1 Å². The van der Waals surface area contributed by atoms with Crippen LogP contribution in [0.4, 0.5) is 20.2 Å². The maximum absolute atomic E-state index is 13.2. The van der Waals surface area contributed by atoms with Crippen LogP contribution >= 0.6 is 0 Å². The Morgan fingerprint density at radius 1 is 0.931 bits per heavy atom. The molecule has 0 aliphatic rings. The zero-order chi connectivity index (χ0) is 21.0. The summed E-state index contributed by atoms with van der Waals surface area (Å²) in [6, 6.07) is 12.3. The van der Waals surface area contributed by atoms with Gasteiger partial charge in [-0.15, -0.1) is 0 Å². The van der Waals surface area contributed by atoms with Gasteiger partial charge in [0, 0.05) is 23.5 Å². The summed E-state index contributed by atoms with van der Waals surface area (Å²) in [6.07, 6.45) is 0. The third kappa shape index (κ3) is 5.10. The monoisotopic (exact) mass is 398 g/mol. The number of carbonyl (C=O) groups is 2. The molecule has 0 bridgehead atoms. The molecule has 0 aliphatic carbocycles. The lowest BCUT2D eigenvalue weighted by Gasteiger charge is -2.09. The summed E-state index contributed by atoms with van der Waals surface area (Å²) in [5.41, 5.74) is 0.941. The van der Waals surface area contributed by atoms with Crippen molar-refractivity contribution in [2.24, 2.45) is 0 Å². The van der Waals surface area contributed by atoms with Crippen LogP contribution in [0.2, 0.25) is 0 Å². The number of nitrogens with zero attached hydrogens (tertiary/aromatic N) is 2. The number of hydrogen-bond donors (Lipinski definition) is 2. The number of aromatic nitrogens is 2. The van der Waals surface area contributed by atoms with Crippen LogP contribution in [0.15, 0.2) is 59.4 Å². The number of anilines is 2. The van der Waals surface area contributed by atoms with Gasteiger partial charge in [-0.1, -0.05) is 17.7 Å². The molecule has 1 heterocycles. The molecule has 148 valence electrons. The predicted octanol–water partition coefficient (Wildman–Crippen LogP) is 2.72. The van der Waals surface area contributed by atoms with Crippen molar-refractivity contribution in [3.8, 4) is 0 Å². The average Bonchev–Trinajstić information content (AvgIpc) is 2.68. The second-order valence-electron chi connectivity index (χ2n) is 6.21. The van der Waals surface area contributed by atoms with E-state index in [2.05, 4.69) is 15.7 Å². The molecular weight excluding hydrogens is 382 g/mol. The molecule has 1 aromatic heterocycles. The van der Waals surface area contributed by atoms with Gasteiger partial charge in [0.05, 0.1) is 0 Å². The zero-order valence-electron chi connectivity index (χ0n) is 15.3. The first-order valence-electron chi connectivity index (χ1n) is 8.53. The van der Waals surface area contributed by atoms with Crippen molar-refractivity contribution in [3.05, 3.63) is 87.8 Å². The molecular formula is C20H16F2N4O3. The molecule has 0 aliphatic heterocycles. The molecule has 3 rings (SSSR count). The summed E-state index contributed by atoms with van der Waals surface area (Å²) < 4.78 is 27.0. The highest BCUT2D eigenvalue weighted by Gasteiger charge is 2.13.